The molecule has 2 N–H and O–H groups in total. The van der Waals surface area contributed by atoms with Crippen LogP contribution in [-0.4, -0.2) is 32.3 Å². The Morgan fingerprint density at radius 2 is 2.00 bits per heavy atom. The largest absolute Gasteiger partial charge is 0.480 e. The van der Waals surface area contributed by atoms with E-state index in [4.69, 9.17) is 0 Å². The smallest absolute Gasteiger partial charge is 0.329 e. The summed E-state index contributed by atoms with van der Waals surface area (Å²) in [6.07, 6.45) is 1.68. The van der Waals surface area contributed by atoms with E-state index < -0.39 is 11.5 Å². The number of carbonyl (C=O) groups excluding carboxylic acids is 1. The predicted octanol–water partition coefficient (Wildman–Crippen LogP) is 1.02. The third kappa shape index (κ3) is 2.22. The molecule has 2 rings (SSSR count). The molecule has 0 saturated heterocycles. The molecule has 0 aliphatic heterocycles. The number of carboxylic acid groups (broad SMARTS) is 1. The van der Waals surface area contributed by atoms with Crippen LogP contribution < -0.4 is 5.32 Å². The van der Waals surface area contributed by atoms with Gasteiger partial charge in [-0.25, -0.2) is 4.79 Å². The maximum Gasteiger partial charge on any atom is 0.329 e. The molecule has 0 bridgehead atoms. The second-order valence-electron chi connectivity index (χ2n) is 5.41. The molecule has 1 aliphatic rings. The molecule has 0 spiro atoms. The summed E-state index contributed by atoms with van der Waals surface area (Å²) in [4.78, 5) is 23.7. The van der Waals surface area contributed by atoms with E-state index in [0.717, 1.165) is 18.5 Å². The van der Waals surface area contributed by atoms with Crippen LogP contribution in [0, 0.1) is 19.8 Å². The fourth-order valence-corrected chi connectivity index (χ4v) is 2.39. The lowest BCUT2D eigenvalue weighted by molar-refractivity contribution is -0.144. The number of carboxylic acids is 1. The van der Waals surface area contributed by atoms with Gasteiger partial charge in [0.25, 0.3) is 5.91 Å². The molecule has 1 aromatic rings. The van der Waals surface area contributed by atoms with Crippen LogP contribution in [0.25, 0.3) is 0 Å². The Bertz CT molecular complexity index is 546. The summed E-state index contributed by atoms with van der Waals surface area (Å²) in [6, 6.07) is 0. The number of aromatic nitrogens is 2. The number of hydrogen-bond acceptors (Lipinski definition) is 3. The summed E-state index contributed by atoms with van der Waals surface area (Å²) in [6.45, 7) is 5.12. The third-order valence-electron chi connectivity index (χ3n) is 3.95. The van der Waals surface area contributed by atoms with E-state index in [1.807, 2.05) is 0 Å². The number of nitrogens with zero attached hydrogens (tertiary/aromatic N) is 2. The summed E-state index contributed by atoms with van der Waals surface area (Å²) in [5, 5.41) is 16.2. The molecule has 1 aliphatic carbocycles. The van der Waals surface area contributed by atoms with E-state index in [9.17, 15) is 14.7 Å². The van der Waals surface area contributed by atoms with Gasteiger partial charge >= 0.3 is 5.97 Å². The first-order valence-electron chi connectivity index (χ1n) is 6.33. The normalized spacial score (nSPS) is 17.9. The van der Waals surface area contributed by atoms with Crippen LogP contribution in [0.2, 0.25) is 0 Å². The summed E-state index contributed by atoms with van der Waals surface area (Å²) in [5.41, 5.74) is 0.626. The zero-order valence-electron chi connectivity index (χ0n) is 11.6. The topological polar surface area (TPSA) is 84.2 Å². The number of amides is 1. The second-order valence-corrected chi connectivity index (χ2v) is 5.41. The van der Waals surface area contributed by atoms with Gasteiger partial charge in [0.1, 0.15) is 5.54 Å². The Morgan fingerprint density at radius 1 is 1.42 bits per heavy atom. The molecule has 0 unspecified atom stereocenters. The highest BCUT2D eigenvalue weighted by atomic mass is 16.4. The Balaban J connectivity index is 2.27. The van der Waals surface area contributed by atoms with Crippen LogP contribution in [-0.2, 0) is 11.8 Å². The first-order valence-corrected chi connectivity index (χ1v) is 6.33. The molecule has 1 atom stereocenters. The molecule has 1 amide bonds. The average Bonchev–Trinajstić information content (AvgIpc) is 3.08. The lowest BCUT2D eigenvalue weighted by Gasteiger charge is -2.26. The van der Waals surface area contributed by atoms with E-state index >= 15 is 0 Å². The molecule has 1 aromatic heterocycles. The van der Waals surface area contributed by atoms with Gasteiger partial charge in [0, 0.05) is 12.7 Å². The Morgan fingerprint density at radius 3 is 2.37 bits per heavy atom. The number of carbonyl (C=O) groups is 2. The SMILES string of the molecule is Cc1nn(C)c(C)c1C(=O)N[C@@](C)(C(=O)O)C1CC1. The zero-order chi connectivity index (χ0) is 14.4. The van der Waals surface area contributed by atoms with Crippen molar-refractivity contribution in [2.45, 2.75) is 39.2 Å². The monoisotopic (exact) mass is 265 g/mol. The van der Waals surface area contributed by atoms with E-state index in [1.54, 1.807) is 32.5 Å². The minimum absolute atomic E-state index is 0.0197. The number of nitrogens with one attached hydrogen (secondary N) is 1. The van der Waals surface area contributed by atoms with Crippen molar-refractivity contribution in [3.05, 3.63) is 17.0 Å². The molecule has 1 fully saturated rings. The van der Waals surface area contributed by atoms with Gasteiger partial charge in [-0.1, -0.05) is 0 Å². The van der Waals surface area contributed by atoms with Crippen LogP contribution in [0.4, 0.5) is 0 Å². The molecular formula is C13H19N3O3. The van der Waals surface area contributed by atoms with E-state index in [-0.39, 0.29) is 11.8 Å². The molecule has 6 nitrogen and oxygen atoms in total. The lowest BCUT2D eigenvalue weighted by atomic mass is 9.95. The molecule has 1 saturated carbocycles. The minimum atomic E-state index is -1.19. The van der Waals surface area contributed by atoms with E-state index in [0.29, 0.717) is 11.3 Å². The number of aryl methyl sites for hydroxylation is 2. The van der Waals surface area contributed by atoms with Crippen LogP contribution in [0.15, 0.2) is 0 Å². The highest BCUT2D eigenvalue weighted by molar-refractivity contribution is 5.99. The quantitative estimate of drug-likeness (QED) is 0.851. The van der Waals surface area contributed by atoms with Gasteiger partial charge in [-0.2, -0.15) is 5.10 Å². The van der Waals surface area contributed by atoms with Crippen molar-refractivity contribution in [2.75, 3.05) is 0 Å². The first kappa shape index (κ1) is 13.6. The second kappa shape index (κ2) is 4.36. The van der Waals surface area contributed by atoms with Crippen molar-refractivity contribution in [2.24, 2.45) is 13.0 Å². The lowest BCUT2D eigenvalue weighted by Crippen LogP contribution is -2.54. The summed E-state index contributed by atoms with van der Waals surface area (Å²) >= 11 is 0. The van der Waals surface area contributed by atoms with E-state index in [1.165, 1.54) is 0 Å². The highest BCUT2D eigenvalue weighted by Gasteiger charge is 2.49. The molecule has 19 heavy (non-hydrogen) atoms. The molecule has 1 heterocycles. The maximum atomic E-state index is 12.3. The maximum absolute atomic E-state index is 12.3. The first-order chi connectivity index (χ1) is 8.77. The Kier molecular flexibility index (Phi) is 3.12. The van der Waals surface area contributed by atoms with Crippen LogP contribution >= 0.6 is 0 Å². The van der Waals surface area contributed by atoms with Crippen LogP contribution in [0.5, 0.6) is 0 Å². The summed E-state index contributed by atoms with van der Waals surface area (Å²) < 4.78 is 1.62. The van der Waals surface area contributed by atoms with Gasteiger partial charge in [0.2, 0.25) is 0 Å². The summed E-state index contributed by atoms with van der Waals surface area (Å²) in [7, 11) is 1.76. The molecule has 104 valence electrons. The fourth-order valence-electron chi connectivity index (χ4n) is 2.39. The van der Waals surface area contributed by atoms with Crippen molar-refractivity contribution in [1.82, 2.24) is 15.1 Å². The fraction of sp³-hybridized carbons (Fsp3) is 0.615. The van der Waals surface area contributed by atoms with Crippen LogP contribution in [0.3, 0.4) is 0 Å². The average molecular weight is 265 g/mol. The molecule has 0 radical (unpaired) electrons. The van der Waals surface area contributed by atoms with Crippen molar-refractivity contribution in [3.8, 4) is 0 Å². The van der Waals surface area contributed by atoms with Gasteiger partial charge in [-0.05, 0) is 39.5 Å². The van der Waals surface area contributed by atoms with Crippen LogP contribution in [0.1, 0.15) is 41.5 Å². The van der Waals surface area contributed by atoms with Gasteiger partial charge in [-0.3, -0.25) is 9.48 Å². The number of hydrogen-bond donors (Lipinski definition) is 2. The standard InChI is InChI=1S/C13H19N3O3/c1-7-10(8(2)16(4)15-7)11(17)14-13(3,12(18)19)9-5-6-9/h9H,5-6H2,1-4H3,(H,14,17)(H,18,19)/t13-/m1/s1. The predicted molar refractivity (Wildman–Crippen MR) is 68.9 cm³/mol. The van der Waals surface area contributed by atoms with Gasteiger partial charge in [-0.15, -0.1) is 0 Å². The summed E-state index contributed by atoms with van der Waals surface area (Å²) in [5.74, 6) is -1.33. The Labute approximate surface area is 111 Å². The Hall–Kier alpha value is -1.85. The van der Waals surface area contributed by atoms with Crippen molar-refractivity contribution in [1.29, 1.82) is 0 Å². The molecular weight excluding hydrogens is 246 g/mol. The highest BCUT2D eigenvalue weighted by Crippen LogP contribution is 2.40. The van der Waals surface area contributed by atoms with Gasteiger partial charge in [0.05, 0.1) is 11.3 Å². The molecule has 0 aromatic carbocycles. The number of rotatable bonds is 4. The zero-order valence-corrected chi connectivity index (χ0v) is 11.6. The third-order valence-corrected chi connectivity index (χ3v) is 3.95. The van der Waals surface area contributed by atoms with Crippen molar-refractivity contribution < 1.29 is 14.7 Å². The minimum Gasteiger partial charge on any atom is -0.480 e. The van der Waals surface area contributed by atoms with Crippen molar-refractivity contribution in [3.63, 3.8) is 0 Å². The van der Waals surface area contributed by atoms with Gasteiger partial charge in [0.15, 0.2) is 0 Å². The van der Waals surface area contributed by atoms with Crippen molar-refractivity contribution >= 4 is 11.9 Å². The number of aliphatic carboxylic acids is 1. The molecule has 6 heteroatoms. The van der Waals surface area contributed by atoms with Gasteiger partial charge < -0.3 is 10.4 Å². The van der Waals surface area contributed by atoms with E-state index in [2.05, 4.69) is 10.4 Å².